The third kappa shape index (κ3) is 4.32. The van der Waals surface area contributed by atoms with E-state index in [1.54, 1.807) is 24.5 Å². The van der Waals surface area contributed by atoms with Crippen molar-refractivity contribution < 1.29 is 22.3 Å². The molecule has 0 radical (unpaired) electrons. The van der Waals surface area contributed by atoms with Gasteiger partial charge < -0.3 is 13.6 Å². The van der Waals surface area contributed by atoms with Crippen molar-refractivity contribution in [3.8, 4) is 17.2 Å². The maximum atomic E-state index is 12.7. The Kier molecular flexibility index (Phi) is 5.12. The number of aromatic nitrogens is 2. The predicted octanol–water partition coefficient (Wildman–Crippen LogP) is 5.75. The SMILES string of the molecule is O=c1cc(-c2cc3cccn3cn2)oc2ccc(OCCc3ccc(C(F)(F)F)cc3)cc12. The van der Waals surface area contributed by atoms with Crippen molar-refractivity contribution >= 4 is 16.5 Å². The molecule has 0 aliphatic rings. The summed E-state index contributed by atoms with van der Waals surface area (Å²) < 4.78 is 51.5. The number of benzene rings is 2. The highest BCUT2D eigenvalue weighted by Crippen LogP contribution is 2.29. The summed E-state index contributed by atoms with van der Waals surface area (Å²) in [6.45, 7) is 0.252. The lowest BCUT2D eigenvalue weighted by Gasteiger charge is -2.09. The minimum absolute atomic E-state index is 0.225. The van der Waals surface area contributed by atoms with E-state index in [0.717, 1.165) is 23.2 Å². The van der Waals surface area contributed by atoms with E-state index in [9.17, 15) is 18.0 Å². The van der Waals surface area contributed by atoms with Gasteiger partial charge in [-0.05, 0) is 54.1 Å². The standard InChI is InChI=1S/C25H17F3N2O3/c26-25(27,28)17-5-3-16(4-6-17)9-11-32-19-7-8-23-20(13-19)22(31)14-24(33-23)21-12-18-2-1-10-30(18)15-29-21/h1-8,10,12-15H,9,11H2. The molecule has 0 spiro atoms. The Hall–Kier alpha value is -4.07. The van der Waals surface area contributed by atoms with Crippen LogP contribution in [0.1, 0.15) is 11.1 Å². The van der Waals surface area contributed by atoms with Crippen LogP contribution in [0.15, 0.2) is 88.5 Å². The second-order valence-corrected chi connectivity index (χ2v) is 7.54. The molecule has 5 aromatic rings. The van der Waals surface area contributed by atoms with Crippen molar-refractivity contribution in [3.05, 3.63) is 101 Å². The maximum absolute atomic E-state index is 12.7. The topological polar surface area (TPSA) is 56.7 Å². The largest absolute Gasteiger partial charge is 0.493 e. The lowest BCUT2D eigenvalue weighted by Crippen LogP contribution is -2.06. The molecule has 0 aliphatic carbocycles. The predicted molar refractivity (Wildman–Crippen MR) is 117 cm³/mol. The zero-order valence-electron chi connectivity index (χ0n) is 17.2. The van der Waals surface area contributed by atoms with E-state index in [-0.39, 0.29) is 12.0 Å². The summed E-state index contributed by atoms with van der Waals surface area (Å²) in [5, 5.41) is 0.370. The van der Waals surface area contributed by atoms with Gasteiger partial charge in [-0.2, -0.15) is 13.2 Å². The number of fused-ring (bicyclic) bond motifs is 2. The Morgan fingerprint density at radius 1 is 1.00 bits per heavy atom. The summed E-state index contributed by atoms with van der Waals surface area (Å²) in [5.41, 5.74) is 1.70. The van der Waals surface area contributed by atoms with Crippen molar-refractivity contribution in [1.29, 1.82) is 0 Å². The fourth-order valence-electron chi connectivity index (χ4n) is 3.57. The van der Waals surface area contributed by atoms with Gasteiger partial charge in [-0.15, -0.1) is 0 Å². The first-order valence-corrected chi connectivity index (χ1v) is 10.2. The van der Waals surface area contributed by atoms with E-state index >= 15 is 0 Å². The molecule has 3 heterocycles. The minimum atomic E-state index is -4.35. The molecule has 33 heavy (non-hydrogen) atoms. The lowest BCUT2D eigenvalue weighted by molar-refractivity contribution is -0.137. The van der Waals surface area contributed by atoms with Gasteiger partial charge >= 0.3 is 6.18 Å². The summed E-state index contributed by atoms with van der Waals surface area (Å²) >= 11 is 0. The summed E-state index contributed by atoms with van der Waals surface area (Å²) in [5.74, 6) is 0.842. The summed E-state index contributed by atoms with van der Waals surface area (Å²) in [7, 11) is 0. The van der Waals surface area contributed by atoms with Crippen LogP contribution in [0.25, 0.3) is 27.9 Å². The van der Waals surface area contributed by atoms with Crippen LogP contribution in [0.3, 0.4) is 0 Å². The zero-order chi connectivity index (χ0) is 23.0. The number of hydrogen-bond acceptors (Lipinski definition) is 4. The minimum Gasteiger partial charge on any atom is -0.493 e. The second-order valence-electron chi connectivity index (χ2n) is 7.54. The summed E-state index contributed by atoms with van der Waals surface area (Å²) in [6.07, 6.45) is -0.395. The molecule has 8 heteroatoms. The van der Waals surface area contributed by atoms with E-state index in [1.165, 1.54) is 18.2 Å². The molecule has 0 atom stereocenters. The Balaban J connectivity index is 1.31. The van der Waals surface area contributed by atoms with Crippen LogP contribution in [-0.4, -0.2) is 16.0 Å². The maximum Gasteiger partial charge on any atom is 0.416 e. The smallest absolute Gasteiger partial charge is 0.416 e. The molecular formula is C25H17F3N2O3. The van der Waals surface area contributed by atoms with Gasteiger partial charge in [0, 0.05) is 24.2 Å². The van der Waals surface area contributed by atoms with Crippen LogP contribution >= 0.6 is 0 Å². The zero-order valence-corrected chi connectivity index (χ0v) is 17.2. The average Bonchev–Trinajstić information content (AvgIpc) is 3.27. The van der Waals surface area contributed by atoms with Crippen LogP contribution in [0.4, 0.5) is 13.2 Å². The summed E-state index contributed by atoms with van der Waals surface area (Å²) in [4.78, 5) is 17.1. The van der Waals surface area contributed by atoms with E-state index < -0.39 is 11.7 Å². The van der Waals surface area contributed by atoms with E-state index in [2.05, 4.69) is 4.98 Å². The van der Waals surface area contributed by atoms with Crippen LogP contribution < -0.4 is 10.2 Å². The lowest BCUT2D eigenvalue weighted by atomic mass is 10.1. The molecule has 3 aromatic heterocycles. The van der Waals surface area contributed by atoms with Gasteiger partial charge in [0.15, 0.2) is 11.2 Å². The Morgan fingerprint density at radius 3 is 2.61 bits per heavy atom. The van der Waals surface area contributed by atoms with Gasteiger partial charge in [0.1, 0.15) is 17.0 Å². The Bertz CT molecular complexity index is 1500. The normalized spacial score (nSPS) is 11.8. The molecule has 5 nitrogen and oxygen atoms in total. The van der Waals surface area contributed by atoms with Gasteiger partial charge in [-0.25, -0.2) is 4.98 Å². The molecule has 0 fully saturated rings. The Labute approximate surface area is 185 Å². The Morgan fingerprint density at radius 2 is 1.82 bits per heavy atom. The molecular weight excluding hydrogens is 433 g/mol. The first kappa shape index (κ1) is 20.8. The van der Waals surface area contributed by atoms with Gasteiger partial charge in [0.25, 0.3) is 0 Å². The van der Waals surface area contributed by atoms with E-state index in [4.69, 9.17) is 9.15 Å². The first-order valence-electron chi connectivity index (χ1n) is 10.2. The van der Waals surface area contributed by atoms with Crippen LogP contribution in [0.2, 0.25) is 0 Å². The highest BCUT2D eigenvalue weighted by molar-refractivity contribution is 5.80. The number of ether oxygens (including phenoxy) is 1. The molecule has 0 amide bonds. The molecule has 0 saturated carbocycles. The van der Waals surface area contributed by atoms with Crippen molar-refractivity contribution in [3.63, 3.8) is 0 Å². The highest BCUT2D eigenvalue weighted by Gasteiger charge is 2.29. The second kappa shape index (κ2) is 8.12. The van der Waals surface area contributed by atoms with Crippen LogP contribution in [-0.2, 0) is 12.6 Å². The average molecular weight is 450 g/mol. The monoisotopic (exact) mass is 450 g/mol. The van der Waals surface area contributed by atoms with Gasteiger partial charge in [0.2, 0.25) is 0 Å². The van der Waals surface area contributed by atoms with Crippen LogP contribution in [0.5, 0.6) is 5.75 Å². The summed E-state index contributed by atoms with van der Waals surface area (Å²) in [6, 6.07) is 17.0. The van der Waals surface area contributed by atoms with Gasteiger partial charge in [-0.1, -0.05) is 12.1 Å². The van der Waals surface area contributed by atoms with Crippen molar-refractivity contribution in [2.45, 2.75) is 12.6 Å². The molecule has 0 saturated heterocycles. The third-order valence-corrected chi connectivity index (χ3v) is 5.31. The molecule has 2 aromatic carbocycles. The van der Waals surface area contributed by atoms with E-state index in [0.29, 0.717) is 34.6 Å². The van der Waals surface area contributed by atoms with Crippen molar-refractivity contribution in [2.24, 2.45) is 0 Å². The molecule has 0 aliphatic heterocycles. The molecule has 5 rings (SSSR count). The van der Waals surface area contributed by atoms with Gasteiger partial charge in [0.05, 0.1) is 23.9 Å². The fraction of sp³-hybridized carbons (Fsp3) is 0.120. The highest BCUT2D eigenvalue weighted by atomic mass is 19.4. The van der Waals surface area contributed by atoms with Gasteiger partial charge in [-0.3, -0.25) is 4.79 Å². The molecule has 0 unspecified atom stereocenters. The van der Waals surface area contributed by atoms with Crippen molar-refractivity contribution in [1.82, 2.24) is 9.38 Å². The number of hydrogen-bond donors (Lipinski definition) is 0. The fourth-order valence-corrected chi connectivity index (χ4v) is 3.57. The van der Waals surface area contributed by atoms with Crippen LogP contribution in [0, 0.1) is 0 Å². The van der Waals surface area contributed by atoms with Crippen molar-refractivity contribution in [2.75, 3.05) is 6.61 Å². The first-order chi connectivity index (χ1) is 15.9. The molecule has 0 bridgehead atoms. The number of alkyl halides is 3. The number of rotatable bonds is 5. The molecule has 166 valence electrons. The van der Waals surface area contributed by atoms with E-state index in [1.807, 2.05) is 28.8 Å². The third-order valence-electron chi connectivity index (χ3n) is 5.31. The number of nitrogens with zero attached hydrogens (tertiary/aromatic N) is 2. The number of halogens is 3. The molecule has 0 N–H and O–H groups in total. The quantitative estimate of drug-likeness (QED) is 0.342.